The molecule has 0 aromatic carbocycles. The fourth-order valence-electron chi connectivity index (χ4n) is 4.11. The molecule has 0 bridgehead atoms. The van der Waals surface area contributed by atoms with E-state index in [0.717, 1.165) is 29.5 Å². The van der Waals surface area contributed by atoms with E-state index in [-0.39, 0.29) is 0 Å². The summed E-state index contributed by atoms with van der Waals surface area (Å²) >= 11 is 0. The number of nitrogens with zero attached hydrogens (tertiary/aromatic N) is 9. The van der Waals surface area contributed by atoms with Crippen LogP contribution in [0.4, 0.5) is 0 Å². The molecule has 38 heavy (non-hydrogen) atoms. The van der Waals surface area contributed by atoms with Crippen molar-refractivity contribution in [2.24, 2.45) is 0 Å². The molecule has 0 radical (unpaired) electrons. The van der Waals surface area contributed by atoms with Crippen LogP contribution in [0.5, 0.6) is 0 Å². The Balaban J connectivity index is 1.40. The zero-order chi connectivity index (χ0) is 26.6. The molecule has 0 fully saturated rings. The summed E-state index contributed by atoms with van der Waals surface area (Å²) in [7, 11) is 0. The van der Waals surface area contributed by atoms with E-state index in [2.05, 4.69) is 51.8 Å². The monoisotopic (exact) mass is 511 g/mol. The fraction of sp³-hybridized carbons (Fsp3) is 0.483. The molecule has 9 heteroatoms. The van der Waals surface area contributed by atoms with Gasteiger partial charge in [-0.1, -0.05) is 64.7 Å². The minimum absolute atomic E-state index is 0.326. The Morgan fingerprint density at radius 3 is 1.16 bits per heavy atom. The van der Waals surface area contributed by atoms with E-state index in [0.29, 0.717) is 34.9 Å². The van der Waals surface area contributed by atoms with Gasteiger partial charge in [0.25, 0.3) is 0 Å². The smallest absolute Gasteiger partial charge is 0.202 e. The molecule has 4 aromatic rings. The van der Waals surface area contributed by atoms with Crippen LogP contribution >= 0.6 is 0 Å². The van der Waals surface area contributed by atoms with Crippen molar-refractivity contribution in [1.82, 2.24) is 44.9 Å². The van der Waals surface area contributed by atoms with Crippen molar-refractivity contribution in [3.05, 3.63) is 53.9 Å². The van der Waals surface area contributed by atoms with Gasteiger partial charge in [0.2, 0.25) is 17.5 Å². The summed E-state index contributed by atoms with van der Waals surface area (Å²) in [6, 6.07) is 0. The summed E-state index contributed by atoms with van der Waals surface area (Å²) in [5, 5.41) is 0. The van der Waals surface area contributed by atoms with Crippen LogP contribution in [-0.4, -0.2) is 44.9 Å². The second-order valence-corrected chi connectivity index (χ2v) is 9.82. The van der Waals surface area contributed by atoms with Gasteiger partial charge in [-0.15, -0.1) is 0 Å². The van der Waals surface area contributed by atoms with Gasteiger partial charge in [0.1, 0.15) is 0 Å². The minimum Gasteiger partial charge on any atom is -0.234 e. The van der Waals surface area contributed by atoms with Gasteiger partial charge in [-0.2, -0.15) is 0 Å². The maximum Gasteiger partial charge on any atom is 0.202 e. The Morgan fingerprint density at radius 1 is 0.421 bits per heavy atom. The molecule has 0 spiro atoms. The molecule has 0 aliphatic heterocycles. The van der Waals surface area contributed by atoms with Crippen LogP contribution in [0.25, 0.3) is 34.9 Å². The molecule has 4 aromatic heterocycles. The molecule has 0 saturated carbocycles. The Morgan fingerprint density at radius 2 is 0.763 bits per heavy atom. The van der Waals surface area contributed by atoms with Crippen LogP contribution in [0.2, 0.25) is 0 Å². The van der Waals surface area contributed by atoms with Crippen LogP contribution in [0.15, 0.2) is 37.2 Å². The maximum atomic E-state index is 4.58. The van der Waals surface area contributed by atoms with Crippen molar-refractivity contribution in [1.29, 1.82) is 0 Å². The molecule has 0 unspecified atom stereocenters. The summed E-state index contributed by atoms with van der Waals surface area (Å²) < 4.78 is 0. The van der Waals surface area contributed by atoms with Crippen LogP contribution in [0.1, 0.15) is 87.8 Å². The number of aromatic nitrogens is 9. The summed E-state index contributed by atoms with van der Waals surface area (Å²) in [4.78, 5) is 40.3. The van der Waals surface area contributed by atoms with Crippen LogP contribution in [0, 0.1) is 13.8 Å². The summed E-state index contributed by atoms with van der Waals surface area (Å²) in [6.45, 7) is 6.12. The van der Waals surface area contributed by atoms with Crippen molar-refractivity contribution in [2.75, 3.05) is 0 Å². The Kier molecular flexibility index (Phi) is 10.2. The molecule has 0 saturated heterocycles. The first-order valence-corrected chi connectivity index (χ1v) is 13.8. The van der Waals surface area contributed by atoms with Crippen LogP contribution in [-0.2, 0) is 6.42 Å². The normalized spacial score (nSPS) is 11.1. The summed E-state index contributed by atoms with van der Waals surface area (Å²) in [5.41, 5.74) is 3.02. The van der Waals surface area contributed by atoms with E-state index < -0.39 is 0 Å². The predicted octanol–water partition coefficient (Wildman–Crippen LogP) is 6.32. The zero-order valence-corrected chi connectivity index (χ0v) is 22.8. The predicted molar refractivity (Wildman–Crippen MR) is 148 cm³/mol. The van der Waals surface area contributed by atoms with E-state index in [4.69, 9.17) is 0 Å². The first-order chi connectivity index (χ1) is 18.6. The van der Waals surface area contributed by atoms with Crippen LogP contribution < -0.4 is 0 Å². The number of aryl methyl sites for hydroxylation is 3. The molecular formula is C29H37N9. The Bertz CT molecular complexity index is 1190. The lowest BCUT2D eigenvalue weighted by Gasteiger charge is -2.07. The third-order valence-corrected chi connectivity index (χ3v) is 6.32. The number of hydrogen-bond acceptors (Lipinski definition) is 9. The maximum absolute atomic E-state index is 4.58. The van der Waals surface area contributed by atoms with Gasteiger partial charge in [0.15, 0.2) is 17.5 Å². The standard InChI is InChI=1S/C29H37N9/c1-4-5-6-7-8-9-10-11-12-13-14-23-19-34-26(35-20-23)29-37-27(24-30-15-21(2)16-31-24)36-28(38-29)25-32-17-22(3)18-33-25/h15-20H,4-14H2,1-3H3. The van der Waals surface area contributed by atoms with E-state index in [1.807, 2.05) is 26.2 Å². The lowest BCUT2D eigenvalue weighted by atomic mass is 10.0. The van der Waals surface area contributed by atoms with Gasteiger partial charge in [-0.05, 0) is 43.4 Å². The average Bonchev–Trinajstić information content (AvgIpc) is 2.95. The highest BCUT2D eigenvalue weighted by Crippen LogP contribution is 2.20. The summed E-state index contributed by atoms with van der Waals surface area (Å²) in [5.74, 6) is 2.19. The first-order valence-electron chi connectivity index (χ1n) is 13.8. The van der Waals surface area contributed by atoms with Crippen molar-refractivity contribution < 1.29 is 0 Å². The fourth-order valence-corrected chi connectivity index (χ4v) is 4.11. The van der Waals surface area contributed by atoms with Gasteiger partial charge in [0, 0.05) is 37.2 Å². The molecule has 198 valence electrons. The molecule has 9 nitrogen and oxygen atoms in total. The molecule has 0 aliphatic rings. The SMILES string of the molecule is CCCCCCCCCCCCc1cnc(-c2nc(-c3ncc(C)cn3)nc(-c3ncc(C)cn3)n2)nc1. The van der Waals surface area contributed by atoms with Gasteiger partial charge >= 0.3 is 0 Å². The lowest BCUT2D eigenvalue weighted by Crippen LogP contribution is -2.06. The van der Waals surface area contributed by atoms with E-state index in [1.54, 1.807) is 24.8 Å². The highest BCUT2D eigenvalue weighted by Gasteiger charge is 2.16. The van der Waals surface area contributed by atoms with Gasteiger partial charge in [-0.3, -0.25) is 0 Å². The van der Waals surface area contributed by atoms with Gasteiger partial charge in [0.05, 0.1) is 0 Å². The topological polar surface area (TPSA) is 116 Å². The average molecular weight is 512 g/mol. The van der Waals surface area contributed by atoms with Gasteiger partial charge < -0.3 is 0 Å². The van der Waals surface area contributed by atoms with Crippen LogP contribution in [0.3, 0.4) is 0 Å². The zero-order valence-electron chi connectivity index (χ0n) is 22.8. The second-order valence-electron chi connectivity index (χ2n) is 9.82. The van der Waals surface area contributed by atoms with Crippen molar-refractivity contribution in [2.45, 2.75) is 91.4 Å². The van der Waals surface area contributed by atoms with E-state index in [1.165, 1.54) is 57.8 Å². The number of rotatable bonds is 14. The molecular weight excluding hydrogens is 474 g/mol. The molecule has 0 aliphatic carbocycles. The summed E-state index contributed by atoms with van der Waals surface area (Å²) in [6.07, 6.45) is 24.8. The molecule has 0 N–H and O–H groups in total. The second kappa shape index (κ2) is 14.3. The van der Waals surface area contributed by atoms with Crippen molar-refractivity contribution in [3.8, 4) is 34.9 Å². The number of unbranched alkanes of at least 4 members (excludes halogenated alkanes) is 9. The lowest BCUT2D eigenvalue weighted by molar-refractivity contribution is 0.556. The molecule has 4 rings (SSSR count). The minimum atomic E-state index is 0.326. The first kappa shape index (κ1) is 27.3. The largest absolute Gasteiger partial charge is 0.234 e. The van der Waals surface area contributed by atoms with Crippen molar-refractivity contribution >= 4 is 0 Å². The third kappa shape index (κ3) is 8.13. The molecule has 4 heterocycles. The van der Waals surface area contributed by atoms with Gasteiger partial charge in [-0.25, -0.2) is 44.9 Å². The highest BCUT2D eigenvalue weighted by molar-refractivity contribution is 5.56. The van der Waals surface area contributed by atoms with E-state index >= 15 is 0 Å². The molecule has 0 atom stereocenters. The Labute approximate surface area is 225 Å². The van der Waals surface area contributed by atoms with E-state index in [9.17, 15) is 0 Å². The van der Waals surface area contributed by atoms with Crippen molar-refractivity contribution in [3.63, 3.8) is 0 Å². The highest BCUT2D eigenvalue weighted by atomic mass is 15.1. The number of hydrogen-bond donors (Lipinski definition) is 0. The molecule has 0 amide bonds. The third-order valence-electron chi connectivity index (χ3n) is 6.32. The quantitative estimate of drug-likeness (QED) is 0.179. The Hall–Kier alpha value is -3.75.